The molecule has 1 aromatic heterocycles. The van der Waals surface area contributed by atoms with Gasteiger partial charge in [0.2, 0.25) is 0 Å². The fourth-order valence-corrected chi connectivity index (χ4v) is 2.56. The lowest BCUT2D eigenvalue weighted by atomic mass is 10.2. The van der Waals surface area contributed by atoms with Crippen LogP contribution in [0.2, 0.25) is 0 Å². The fraction of sp³-hybridized carbons (Fsp3) is 0.200. The third-order valence-corrected chi connectivity index (χ3v) is 3.88. The van der Waals surface area contributed by atoms with Gasteiger partial charge in [-0.25, -0.2) is 14.4 Å². The van der Waals surface area contributed by atoms with Gasteiger partial charge in [0.05, 0.1) is 0 Å². The maximum absolute atomic E-state index is 13.0. The number of hydrogen-bond donors (Lipinski definition) is 1. The normalized spacial score (nSPS) is 10.7. The smallest absolute Gasteiger partial charge is 0.135 e. The molecule has 5 heteroatoms. The minimum absolute atomic E-state index is 0.261. The molecule has 0 saturated heterocycles. The topological polar surface area (TPSA) is 41.0 Å². The molecule has 0 aliphatic heterocycles. The molecule has 25 heavy (non-hydrogen) atoms. The molecule has 1 N–H and O–H groups in total. The van der Waals surface area contributed by atoms with Gasteiger partial charge in [-0.05, 0) is 43.7 Å². The molecule has 1 heterocycles. The Kier molecular flexibility index (Phi) is 5.23. The van der Waals surface area contributed by atoms with E-state index in [9.17, 15) is 4.39 Å². The lowest BCUT2D eigenvalue weighted by Gasteiger charge is -2.28. The first kappa shape index (κ1) is 16.9. The van der Waals surface area contributed by atoms with E-state index in [0.29, 0.717) is 5.82 Å². The van der Waals surface area contributed by atoms with E-state index in [1.54, 1.807) is 18.5 Å². The number of nitrogens with one attached hydrogen (secondary N) is 1. The summed E-state index contributed by atoms with van der Waals surface area (Å²) in [5.74, 6) is 1.26. The van der Waals surface area contributed by atoms with Crippen molar-refractivity contribution in [2.24, 2.45) is 0 Å². The minimum Gasteiger partial charge on any atom is -0.350 e. The summed E-state index contributed by atoms with van der Waals surface area (Å²) >= 11 is 0. The van der Waals surface area contributed by atoms with Crippen LogP contribution in [0.25, 0.3) is 0 Å². The van der Waals surface area contributed by atoms with Crippen LogP contribution in [0.5, 0.6) is 0 Å². The number of hydrogen-bond acceptors (Lipinski definition) is 4. The van der Waals surface area contributed by atoms with Crippen LogP contribution in [-0.4, -0.2) is 16.0 Å². The molecule has 0 aliphatic rings. The summed E-state index contributed by atoms with van der Waals surface area (Å²) in [7, 11) is 0. The highest BCUT2D eigenvalue weighted by Gasteiger charge is 2.13. The van der Waals surface area contributed by atoms with Crippen LogP contribution in [0, 0.1) is 5.82 Å². The second-order valence-corrected chi connectivity index (χ2v) is 6.10. The number of nitrogens with zero attached hydrogens (tertiary/aromatic N) is 3. The molecule has 0 radical (unpaired) electrons. The van der Waals surface area contributed by atoms with Crippen molar-refractivity contribution in [3.05, 3.63) is 78.4 Å². The Morgan fingerprint density at radius 1 is 1.00 bits per heavy atom. The van der Waals surface area contributed by atoms with Gasteiger partial charge in [-0.2, -0.15) is 0 Å². The molecule has 4 nitrogen and oxygen atoms in total. The van der Waals surface area contributed by atoms with E-state index < -0.39 is 0 Å². The molecule has 0 fully saturated rings. The molecule has 0 amide bonds. The second kappa shape index (κ2) is 7.75. The van der Waals surface area contributed by atoms with Gasteiger partial charge < -0.3 is 10.2 Å². The van der Waals surface area contributed by atoms with Crippen molar-refractivity contribution in [2.75, 3.05) is 10.2 Å². The number of aromatic nitrogens is 2. The van der Waals surface area contributed by atoms with E-state index >= 15 is 0 Å². The summed E-state index contributed by atoms with van der Waals surface area (Å²) in [6.07, 6.45) is 1.54. The molecule has 3 rings (SSSR count). The van der Waals surface area contributed by atoms with Crippen LogP contribution in [0.15, 0.2) is 67.0 Å². The molecular formula is C20H21FN4. The van der Waals surface area contributed by atoms with Gasteiger partial charge in [-0.3, -0.25) is 0 Å². The maximum Gasteiger partial charge on any atom is 0.135 e. The van der Waals surface area contributed by atoms with Gasteiger partial charge in [0.1, 0.15) is 23.8 Å². The average Bonchev–Trinajstić information content (AvgIpc) is 2.62. The van der Waals surface area contributed by atoms with Crippen molar-refractivity contribution in [2.45, 2.75) is 26.4 Å². The van der Waals surface area contributed by atoms with Gasteiger partial charge in [-0.15, -0.1) is 0 Å². The highest BCUT2D eigenvalue weighted by molar-refractivity contribution is 5.59. The Bertz CT molecular complexity index is 803. The number of benzene rings is 2. The van der Waals surface area contributed by atoms with Gasteiger partial charge in [0, 0.05) is 24.3 Å². The van der Waals surface area contributed by atoms with E-state index in [1.807, 2.05) is 24.3 Å². The van der Waals surface area contributed by atoms with E-state index in [4.69, 9.17) is 0 Å². The van der Waals surface area contributed by atoms with Crippen LogP contribution in [0.4, 0.5) is 21.7 Å². The second-order valence-electron chi connectivity index (χ2n) is 6.10. The molecule has 0 atom stereocenters. The quantitative estimate of drug-likeness (QED) is 0.704. The number of anilines is 3. The SMILES string of the molecule is CC(C)N(Cc1ccccc1)c1cc(Nc2ccc(F)cc2)ncn1. The van der Waals surface area contributed by atoms with Gasteiger partial charge in [-0.1, -0.05) is 30.3 Å². The minimum atomic E-state index is -0.261. The lowest BCUT2D eigenvalue weighted by Crippen LogP contribution is -2.31. The van der Waals surface area contributed by atoms with Crippen LogP contribution < -0.4 is 10.2 Å². The predicted molar refractivity (Wildman–Crippen MR) is 99.5 cm³/mol. The summed E-state index contributed by atoms with van der Waals surface area (Å²) in [4.78, 5) is 10.9. The van der Waals surface area contributed by atoms with Gasteiger partial charge in [0.15, 0.2) is 0 Å². The number of rotatable bonds is 6. The van der Waals surface area contributed by atoms with Crippen molar-refractivity contribution in [3.8, 4) is 0 Å². The molecule has 2 aromatic carbocycles. The zero-order valence-electron chi connectivity index (χ0n) is 14.4. The first-order valence-electron chi connectivity index (χ1n) is 8.27. The van der Waals surface area contributed by atoms with E-state index in [1.165, 1.54) is 17.7 Å². The zero-order chi connectivity index (χ0) is 17.6. The fourth-order valence-electron chi connectivity index (χ4n) is 2.56. The van der Waals surface area contributed by atoms with Gasteiger partial charge in [0.25, 0.3) is 0 Å². The largest absolute Gasteiger partial charge is 0.350 e. The summed E-state index contributed by atoms with van der Waals surface area (Å²) in [5.41, 5.74) is 2.01. The molecule has 0 saturated carbocycles. The molecule has 3 aromatic rings. The molecule has 0 spiro atoms. The Morgan fingerprint density at radius 2 is 1.72 bits per heavy atom. The van der Waals surface area contributed by atoms with Crippen LogP contribution in [0.3, 0.4) is 0 Å². The summed E-state index contributed by atoms with van der Waals surface area (Å²) < 4.78 is 13.0. The zero-order valence-corrected chi connectivity index (χ0v) is 14.4. The van der Waals surface area contributed by atoms with Crippen LogP contribution in [0.1, 0.15) is 19.4 Å². The maximum atomic E-state index is 13.0. The summed E-state index contributed by atoms with van der Waals surface area (Å²) in [6.45, 7) is 5.04. The Balaban J connectivity index is 1.81. The highest BCUT2D eigenvalue weighted by Crippen LogP contribution is 2.22. The first-order valence-corrected chi connectivity index (χ1v) is 8.27. The molecule has 0 unspecified atom stereocenters. The standard InChI is InChI=1S/C20H21FN4/c1-15(2)25(13-16-6-4-3-5-7-16)20-12-19(22-14-23-20)24-18-10-8-17(21)9-11-18/h3-12,14-15H,13H2,1-2H3,(H,22,23,24). The van der Waals surface area contributed by atoms with Crippen LogP contribution in [-0.2, 0) is 6.54 Å². The van der Waals surface area contributed by atoms with Crippen molar-refractivity contribution < 1.29 is 4.39 Å². The van der Waals surface area contributed by atoms with E-state index in [0.717, 1.165) is 18.1 Å². The van der Waals surface area contributed by atoms with E-state index in [-0.39, 0.29) is 11.9 Å². The third-order valence-electron chi connectivity index (χ3n) is 3.88. The highest BCUT2D eigenvalue weighted by atomic mass is 19.1. The summed E-state index contributed by atoms with van der Waals surface area (Å²) in [6, 6.07) is 18.7. The average molecular weight is 336 g/mol. The molecule has 0 aliphatic carbocycles. The monoisotopic (exact) mass is 336 g/mol. The Labute approximate surface area is 147 Å². The Morgan fingerprint density at radius 3 is 2.40 bits per heavy atom. The molecule has 128 valence electrons. The number of halogens is 1. The van der Waals surface area contributed by atoms with Crippen molar-refractivity contribution in [1.29, 1.82) is 0 Å². The predicted octanol–water partition coefficient (Wildman–Crippen LogP) is 4.77. The van der Waals surface area contributed by atoms with Crippen molar-refractivity contribution in [1.82, 2.24) is 9.97 Å². The third kappa shape index (κ3) is 4.53. The molecular weight excluding hydrogens is 315 g/mol. The van der Waals surface area contributed by atoms with E-state index in [2.05, 4.69) is 46.2 Å². The van der Waals surface area contributed by atoms with Crippen molar-refractivity contribution in [3.63, 3.8) is 0 Å². The lowest BCUT2D eigenvalue weighted by molar-refractivity contribution is 0.628. The van der Waals surface area contributed by atoms with Crippen molar-refractivity contribution >= 4 is 17.3 Å². The Hall–Kier alpha value is -2.95. The summed E-state index contributed by atoms with van der Waals surface area (Å²) in [5, 5.41) is 3.18. The van der Waals surface area contributed by atoms with Crippen LogP contribution >= 0.6 is 0 Å². The van der Waals surface area contributed by atoms with Gasteiger partial charge >= 0.3 is 0 Å². The first-order chi connectivity index (χ1) is 12.1. The molecule has 0 bridgehead atoms.